The lowest BCUT2D eigenvalue weighted by Gasteiger charge is -2.17. The average molecular weight is 585 g/mol. The van der Waals surface area contributed by atoms with Crippen LogP contribution in [-0.2, 0) is 16.3 Å². The third-order valence-electron chi connectivity index (χ3n) is 6.95. The van der Waals surface area contributed by atoms with Crippen LogP contribution >= 0.6 is 11.6 Å². The Kier molecular flexibility index (Phi) is 9.66. The van der Waals surface area contributed by atoms with Gasteiger partial charge in [-0.05, 0) is 85.5 Å². The van der Waals surface area contributed by atoms with E-state index >= 15 is 0 Å². The maximum absolute atomic E-state index is 13.7. The summed E-state index contributed by atoms with van der Waals surface area (Å²) in [4.78, 5) is 2.79. The van der Waals surface area contributed by atoms with E-state index in [-0.39, 0.29) is 10.8 Å². The van der Waals surface area contributed by atoms with Gasteiger partial charge in [0.05, 0.1) is 31.2 Å². The number of rotatable bonds is 13. The molecule has 2 heterocycles. The highest BCUT2D eigenvalue weighted by molar-refractivity contribution is 7.91. The smallest absolute Gasteiger partial charge is 0.209 e. The Labute approximate surface area is 242 Å². The van der Waals surface area contributed by atoms with Crippen molar-refractivity contribution in [3.8, 4) is 17.2 Å². The van der Waals surface area contributed by atoms with Gasteiger partial charge in [-0.2, -0.15) is 0 Å². The first-order valence-corrected chi connectivity index (χ1v) is 15.2. The molecule has 0 bridgehead atoms. The number of ether oxygens (including phenoxy) is 3. The summed E-state index contributed by atoms with van der Waals surface area (Å²) in [6, 6.07) is 17.9. The monoisotopic (exact) mass is 584 g/mol. The lowest BCUT2D eigenvalue weighted by molar-refractivity contribution is 0.264. The van der Waals surface area contributed by atoms with E-state index in [1.54, 1.807) is 61.1 Å². The molecule has 0 saturated heterocycles. The highest BCUT2D eigenvalue weighted by Crippen LogP contribution is 2.35. The third kappa shape index (κ3) is 6.57. The minimum absolute atomic E-state index is 0.0144. The summed E-state index contributed by atoms with van der Waals surface area (Å²) in [7, 11) is 1.60. The predicted octanol–water partition coefficient (Wildman–Crippen LogP) is 6.51. The van der Waals surface area contributed by atoms with Crippen molar-refractivity contribution in [3.63, 3.8) is 0 Å². The van der Waals surface area contributed by atoms with Crippen LogP contribution in [0.2, 0.25) is 5.15 Å². The molecule has 4 rings (SSSR count). The number of nitrogens with zero attached hydrogens (tertiary/aromatic N) is 2. The summed E-state index contributed by atoms with van der Waals surface area (Å²) in [5.74, 6) is 2.12. The Morgan fingerprint density at radius 2 is 1.68 bits per heavy atom. The highest BCUT2D eigenvalue weighted by atomic mass is 35.5. The molecule has 0 radical (unpaired) electrons. The van der Waals surface area contributed by atoms with Gasteiger partial charge in [-0.15, -0.1) is 0 Å². The van der Waals surface area contributed by atoms with E-state index in [4.69, 9.17) is 25.8 Å². The van der Waals surface area contributed by atoms with Crippen molar-refractivity contribution in [3.05, 3.63) is 83.1 Å². The molecule has 0 spiro atoms. The van der Waals surface area contributed by atoms with Crippen LogP contribution in [0.3, 0.4) is 0 Å². The fourth-order valence-corrected chi connectivity index (χ4v) is 6.67. The number of aromatic nitrogens is 1. The third-order valence-corrected chi connectivity index (χ3v) is 9.13. The first kappa shape index (κ1) is 29.8. The summed E-state index contributed by atoms with van der Waals surface area (Å²) in [5, 5.41) is 0.469. The molecule has 9 heteroatoms. The zero-order valence-corrected chi connectivity index (χ0v) is 25.3. The second-order valence-electron chi connectivity index (χ2n) is 10.1. The Morgan fingerprint density at radius 1 is 0.950 bits per heavy atom. The van der Waals surface area contributed by atoms with Gasteiger partial charge < -0.3 is 23.5 Å². The van der Waals surface area contributed by atoms with Crippen molar-refractivity contribution >= 4 is 27.0 Å². The Balaban J connectivity index is 1.33. The molecule has 0 aliphatic carbocycles. The molecule has 0 aliphatic heterocycles. The summed E-state index contributed by atoms with van der Waals surface area (Å²) in [6.45, 7) is 6.27. The van der Waals surface area contributed by atoms with Gasteiger partial charge in [-0.3, -0.25) is 0 Å². The summed E-state index contributed by atoms with van der Waals surface area (Å²) < 4.78 is 45.8. The lowest BCUT2D eigenvalue weighted by Crippen LogP contribution is -2.23. The van der Waals surface area contributed by atoms with E-state index in [1.165, 1.54) is 5.56 Å². The van der Waals surface area contributed by atoms with Crippen molar-refractivity contribution in [1.82, 2.24) is 9.30 Å². The van der Waals surface area contributed by atoms with Crippen LogP contribution in [0.15, 0.2) is 76.7 Å². The van der Waals surface area contributed by atoms with E-state index in [9.17, 15) is 8.42 Å². The number of hydrogen-bond acceptors (Lipinski definition) is 6. The molecule has 0 amide bonds. The Morgan fingerprint density at radius 3 is 2.35 bits per heavy atom. The van der Waals surface area contributed by atoms with Gasteiger partial charge in [0, 0.05) is 19.3 Å². The molecular formula is C31H37ClN2O5S. The van der Waals surface area contributed by atoms with Crippen molar-refractivity contribution in [2.75, 3.05) is 41.0 Å². The quantitative estimate of drug-likeness (QED) is 0.132. The van der Waals surface area contributed by atoms with Crippen LogP contribution < -0.4 is 14.2 Å². The molecule has 214 valence electrons. The van der Waals surface area contributed by atoms with Crippen LogP contribution in [0.1, 0.15) is 37.3 Å². The van der Waals surface area contributed by atoms with E-state index in [0.717, 1.165) is 43.0 Å². The molecule has 0 saturated carbocycles. The van der Waals surface area contributed by atoms with Crippen LogP contribution in [-0.4, -0.2) is 58.7 Å². The van der Waals surface area contributed by atoms with Crippen LogP contribution in [0.4, 0.5) is 0 Å². The number of hydrogen-bond donors (Lipinski definition) is 0. The molecule has 2 aromatic carbocycles. The van der Waals surface area contributed by atoms with Gasteiger partial charge in [0.15, 0.2) is 11.5 Å². The zero-order chi connectivity index (χ0) is 28.9. The molecule has 0 N–H and O–H groups in total. The van der Waals surface area contributed by atoms with Crippen molar-refractivity contribution in [2.24, 2.45) is 0 Å². The fraction of sp³-hybridized carbons (Fsp3) is 0.355. The first-order valence-electron chi connectivity index (χ1n) is 13.3. The number of halogens is 1. The number of sulfone groups is 1. The van der Waals surface area contributed by atoms with Gasteiger partial charge in [-0.25, -0.2) is 8.42 Å². The number of likely N-dealkylation sites (N-methyl/N-ethyl adjacent to an activating group) is 1. The molecule has 4 aromatic rings. The molecule has 0 fully saturated rings. The number of fused-ring (bicyclic) bond motifs is 1. The van der Waals surface area contributed by atoms with Crippen molar-refractivity contribution in [2.45, 2.75) is 42.4 Å². The van der Waals surface area contributed by atoms with E-state index in [0.29, 0.717) is 27.9 Å². The van der Waals surface area contributed by atoms with Crippen molar-refractivity contribution in [1.29, 1.82) is 0 Å². The number of pyridine rings is 1. The molecule has 7 nitrogen and oxygen atoms in total. The maximum Gasteiger partial charge on any atom is 0.209 e. The minimum Gasteiger partial charge on any atom is -0.494 e. The summed E-state index contributed by atoms with van der Waals surface area (Å²) in [6.07, 6.45) is 3.56. The van der Waals surface area contributed by atoms with Crippen LogP contribution in [0, 0.1) is 0 Å². The van der Waals surface area contributed by atoms with Crippen molar-refractivity contribution < 1.29 is 22.6 Å². The van der Waals surface area contributed by atoms with E-state index in [1.807, 2.05) is 32.2 Å². The normalized spacial score (nSPS) is 11.9. The van der Waals surface area contributed by atoms with Crippen LogP contribution in [0.5, 0.6) is 17.2 Å². The minimum atomic E-state index is -3.76. The molecular weight excluding hydrogens is 548 g/mol. The second-order valence-corrected chi connectivity index (χ2v) is 12.4. The standard InChI is InChI=1S/C31H37ClN2O5S/c1-22(2)26-21-34-27(8-6-9-30(34)32)31(26)40(35,36)25-13-11-24(12-14-25)39-19-7-17-33(3)18-16-23-10-15-28(37-4)29(20-23)38-5/h6,8-15,20-22H,7,16-19H2,1-5H3. The number of benzene rings is 2. The van der Waals surface area contributed by atoms with E-state index in [2.05, 4.69) is 18.0 Å². The SMILES string of the molecule is COc1ccc(CCN(C)CCCOc2ccc(S(=O)(=O)c3c(C(C)C)cn4c(Cl)cccc34)cc2)cc1OC. The van der Waals surface area contributed by atoms with Gasteiger partial charge in [-0.1, -0.05) is 37.6 Å². The van der Waals surface area contributed by atoms with Gasteiger partial charge in [0.1, 0.15) is 15.8 Å². The molecule has 0 aliphatic rings. The van der Waals surface area contributed by atoms with Crippen LogP contribution in [0.25, 0.3) is 5.52 Å². The highest BCUT2D eigenvalue weighted by Gasteiger charge is 2.27. The van der Waals surface area contributed by atoms with Gasteiger partial charge in [0.25, 0.3) is 0 Å². The summed E-state index contributed by atoms with van der Waals surface area (Å²) in [5.41, 5.74) is 2.50. The number of methoxy groups -OCH3 is 2. The average Bonchev–Trinajstić information content (AvgIpc) is 3.37. The molecule has 0 unspecified atom stereocenters. The lowest BCUT2D eigenvalue weighted by atomic mass is 10.1. The Hall–Kier alpha value is -3.20. The van der Waals surface area contributed by atoms with Gasteiger partial charge >= 0.3 is 0 Å². The fourth-order valence-electron chi connectivity index (χ4n) is 4.69. The molecule has 2 aromatic heterocycles. The van der Waals surface area contributed by atoms with Gasteiger partial charge in [0.2, 0.25) is 9.84 Å². The largest absolute Gasteiger partial charge is 0.494 e. The molecule has 40 heavy (non-hydrogen) atoms. The zero-order valence-electron chi connectivity index (χ0n) is 23.7. The summed E-state index contributed by atoms with van der Waals surface area (Å²) >= 11 is 6.35. The predicted molar refractivity (Wildman–Crippen MR) is 159 cm³/mol. The Bertz CT molecular complexity index is 1550. The van der Waals surface area contributed by atoms with E-state index < -0.39 is 9.84 Å². The first-order chi connectivity index (χ1) is 19.1. The molecule has 0 atom stereocenters. The second kappa shape index (κ2) is 13.0. The topological polar surface area (TPSA) is 69.5 Å². The maximum atomic E-state index is 13.7.